The summed E-state index contributed by atoms with van der Waals surface area (Å²) in [7, 11) is 0. The molecule has 0 aliphatic carbocycles. The Bertz CT molecular complexity index is 130. The van der Waals surface area contributed by atoms with Crippen LogP contribution in [0.3, 0.4) is 0 Å². The minimum absolute atomic E-state index is 0.0370. The summed E-state index contributed by atoms with van der Waals surface area (Å²) >= 11 is 3.93. The van der Waals surface area contributed by atoms with E-state index in [-0.39, 0.29) is 5.91 Å². The first-order valence-electron chi connectivity index (χ1n) is 1.96. The highest BCUT2D eigenvalue weighted by Gasteiger charge is 2.04. The predicted molar refractivity (Wildman–Crippen MR) is 30.1 cm³/mol. The van der Waals surface area contributed by atoms with Crippen LogP contribution in [0.15, 0.2) is 11.0 Å². The quantitative estimate of drug-likeness (QED) is 0.425. The van der Waals surface area contributed by atoms with E-state index < -0.39 is 0 Å². The molecule has 0 radical (unpaired) electrons. The van der Waals surface area contributed by atoms with Crippen LogP contribution in [0.4, 0.5) is 0 Å². The molecule has 1 heterocycles. The Kier molecular flexibility index (Phi) is 1.06. The minimum atomic E-state index is -0.0370. The van der Waals surface area contributed by atoms with Crippen molar-refractivity contribution in [2.75, 3.05) is 6.54 Å². The van der Waals surface area contributed by atoms with Gasteiger partial charge in [-0.15, -0.1) is 12.6 Å². The van der Waals surface area contributed by atoms with Gasteiger partial charge in [0.1, 0.15) is 0 Å². The van der Waals surface area contributed by atoms with Crippen molar-refractivity contribution in [1.82, 2.24) is 5.32 Å². The van der Waals surface area contributed by atoms with Gasteiger partial charge in [0.15, 0.2) is 0 Å². The van der Waals surface area contributed by atoms with Crippen LogP contribution in [0.25, 0.3) is 0 Å². The van der Waals surface area contributed by atoms with E-state index in [2.05, 4.69) is 17.9 Å². The first kappa shape index (κ1) is 4.71. The maximum Gasteiger partial charge on any atom is 0.245 e. The fourth-order valence-corrected chi connectivity index (χ4v) is 0.627. The number of amides is 1. The standard InChI is InChI=1S/C4H5NOS/c6-4-1-3(7)2-5-4/h1,7H,2H2,(H,5,6). The zero-order valence-corrected chi connectivity index (χ0v) is 4.53. The highest BCUT2D eigenvalue weighted by molar-refractivity contribution is 7.84. The van der Waals surface area contributed by atoms with Crippen LogP contribution in [-0.4, -0.2) is 12.5 Å². The smallest absolute Gasteiger partial charge is 0.245 e. The first-order chi connectivity index (χ1) is 3.29. The Labute approximate surface area is 47.0 Å². The lowest BCUT2D eigenvalue weighted by Gasteiger charge is -1.84. The van der Waals surface area contributed by atoms with Crippen LogP contribution in [0.5, 0.6) is 0 Å². The van der Waals surface area contributed by atoms with Gasteiger partial charge in [0.25, 0.3) is 0 Å². The third-order valence-corrected chi connectivity index (χ3v) is 1.03. The maximum absolute atomic E-state index is 10.2. The molecule has 0 unspecified atom stereocenters. The molecule has 3 heteroatoms. The summed E-state index contributed by atoms with van der Waals surface area (Å²) in [4.78, 5) is 11.0. The Morgan fingerprint density at radius 3 is 2.71 bits per heavy atom. The number of carbonyl (C=O) groups is 1. The average Bonchev–Trinajstić information content (AvgIpc) is 1.87. The molecule has 38 valence electrons. The van der Waals surface area contributed by atoms with Gasteiger partial charge in [-0.25, -0.2) is 0 Å². The summed E-state index contributed by atoms with van der Waals surface area (Å²) in [6.45, 7) is 0.599. The van der Waals surface area contributed by atoms with Crippen molar-refractivity contribution >= 4 is 18.5 Å². The number of hydrogen-bond donors (Lipinski definition) is 2. The summed E-state index contributed by atoms with van der Waals surface area (Å²) in [5, 5.41) is 2.56. The largest absolute Gasteiger partial charge is 0.348 e. The monoisotopic (exact) mass is 115 g/mol. The van der Waals surface area contributed by atoms with Gasteiger partial charge in [-0.05, 0) is 0 Å². The fourth-order valence-electron chi connectivity index (χ4n) is 0.431. The van der Waals surface area contributed by atoms with E-state index in [9.17, 15) is 4.79 Å². The van der Waals surface area contributed by atoms with Crippen molar-refractivity contribution in [3.05, 3.63) is 11.0 Å². The molecule has 0 saturated heterocycles. The molecule has 1 aliphatic heterocycles. The molecular weight excluding hydrogens is 110 g/mol. The predicted octanol–water partition coefficient (Wildman–Crippen LogP) is -0.0701. The summed E-state index contributed by atoms with van der Waals surface area (Å²) < 4.78 is 0. The molecule has 2 nitrogen and oxygen atoms in total. The molecule has 0 bridgehead atoms. The number of rotatable bonds is 0. The lowest BCUT2D eigenvalue weighted by atomic mass is 10.6. The van der Waals surface area contributed by atoms with Crippen LogP contribution in [0, 0.1) is 0 Å². The molecule has 0 fully saturated rings. The molecule has 1 amide bonds. The van der Waals surface area contributed by atoms with Gasteiger partial charge in [0.2, 0.25) is 5.91 Å². The third kappa shape index (κ3) is 0.962. The number of nitrogens with one attached hydrogen (secondary N) is 1. The summed E-state index contributed by atoms with van der Waals surface area (Å²) in [6, 6.07) is 0. The average molecular weight is 115 g/mol. The molecule has 7 heavy (non-hydrogen) atoms. The van der Waals surface area contributed by atoms with E-state index in [0.29, 0.717) is 6.54 Å². The number of carbonyl (C=O) groups excluding carboxylic acids is 1. The Balaban J connectivity index is 2.67. The molecule has 0 aromatic heterocycles. The summed E-state index contributed by atoms with van der Waals surface area (Å²) in [6.07, 6.45) is 1.48. The molecule has 0 saturated carbocycles. The van der Waals surface area contributed by atoms with Crippen molar-refractivity contribution in [2.45, 2.75) is 0 Å². The minimum Gasteiger partial charge on any atom is -0.348 e. The second kappa shape index (κ2) is 1.58. The van der Waals surface area contributed by atoms with Crippen LogP contribution >= 0.6 is 12.6 Å². The van der Waals surface area contributed by atoms with E-state index in [1.807, 2.05) is 0 Å². The highest BCUT2D eigenvalue weighted by atomic mass is 32.1. The zero-order chi connectivity index (χ0) is 5.28. The van der Waals surface area contributed by atoms with Gasteiger partial charge in [-0.1, -0.05) is 0 Å². The third-order valence-electron chi connectivity index (χ3n) is 0.741. The Morgan fingerprint density at radius 1 is 1.86 bits per heavy atom. The van der Waals surface area contributed by atoms with Crippen LogP contribution < -0.4 is 5.32 Å². The normalized spacial score (nSPS) is 19.0. The van der Waals surface area contributed by atoms with E-state index in [1.165, 1.54) is 6.08 Å². The van der Waals surface area contributed by atoms with Gasteiger partial charge in [0, 0.05) is 17.5 Å². The van der Waals surface area contributed by atoms with E-state index >= 15 is 0 Å². The van der Waals surface area contributed by atoms with Gasteiger partial charge in [-0.3, -0.25) is 4.79 Å². The molecule has 0 aromatic rings. The zero-order valence-electron chi connectivity index (χ0n) is 3.64. The van der Waals surface area contributed by atoms with E-state index in [0.717, 1.165) is 4.91 Å². The second-order valence-electron chi connectivity index (χ2n) is 1.35. The fraction of sp³-hybridized carbons (Fsp3) is 0.250. The van der Waals surface area contributed by atoms with Crippen LogP contribution in [0.1, 0.15) is 0 Å². The molecule has 0 atom stereocenters. The lowest BCUT2D eigenvalue weighted by molar-refractivity contribution is -0.115. The molecule has 0 aromatic carbocycles. The molecule has 0 spiro atoms. The Hall–Kier alpha value is -0.440. The summed E-state index contributed by atoms with van der Waals surface area (Å²) in [5.74, 6) is -0.0370. The second-order valence-corrected chi connectivity index (χ2v) is 1.93. The molecule has 1 rings (SSSR count). The first-order valence-corrected chi connectivity index (χ1v) is 2.41. The maximum atomic E-state index is 10.2. The van der Waals surface area contributed by atoms with Crippen molar-refractivity contribution < 1.29 is 4.79 Å². The van der Waals surface area contributed by atoms with Gasteiger partial charge in [-0.2, -0.15) is 0 Å². The van der Waals surface area contributed by atoms with Gasteiger partial charge >= 0.3 is 0 Å². The van der Waals surface area contributed by atoms with Crippen molar-refractivity contribution in [2.24, 2.45) is 0 Å². The topological polar surface area (TPSA) is 29.1 Å². The van der Waals surface area contributed by atoms with Gasteiger partial charge in [0.05, 0.1) is 0 Å². The van der Waals surface area contributed by atoms with E-state index in [1.54, 1.807) is 0 Å². The summed E-state index contributed by atoms with van der Waals surface area (Å²) in [5.41, 5.74) is 0. The van der Waals surface area contributed by atoms with Gasteiger partial charge < -0.3 is 5.32 Å². The number of thiol groups is 1. The molecule has 1 N–H and O–H groups in total. The molecule has 1 aliphatic rings. The lowest BCUT2D eigenvalue weighted by Crippen LogP contribution is -2.14. The number of hydrogen-bond acceptors (Lipinski definition) is 2. The SMILES string of the molecule is O=C1C=C(S)CN1. The molecular formula is C4H5NOS. The van der Waals surface area contributed by atoms with E-state index in [4.69, 9.17) is 0 Å². The van der Waals surface area contributed by atoms with Crippen molar-refractivity contribution in [1.29, 1.82) is 0 Å². The van der Waals surface area contributed by atoms with Crippen molar-refractivity contribution in [3.8, 4) is 0 Å². The highest BCUT2D eigenvalue weighted by Crippen LogP contribution is 2.01. The van der Waals surface area contributed by atoms with Crippen LogP contribution in [-0.2, 0) is 4.79 Å². The van der Waals surface area contributed by atoms with Crippen LogP contribution in [0.2, 0.25) is 0 Å². The van der Waals surface area contributed by atoms with Crippen molar-refractivity contribution in [3.63, 3.8) is 0 Å². The Morgan fingerprint density at radius 2 is 2.57 bits per heavy atom.